The fourth-order valence-corrected chi connectivity index (χ4v) is 1.70. The monoisotopic (exact) mass is 177 g/mol. The van der Waals surface area contributed by atoms with Gasteiger partial charge in [0, 0.05) is 6.54 Å². The van der Waals surface area contributed by atoms with Gasteiger partial charge in [0.05, 0.1) is 0 Å². The summed E-state index contributed by atoms with van der Waals surface area (Å²) in [6.45, 7) is 3.46. The van der Waals surface area contributed by atoms with E-state index in [-0.39, 0.29) is 0 Å². The number of hydrogen-bond acceptors (Lipinski definition) is 1. The molecule has 0 radical (unpaired) electrons. The quantitative estimate of drug-likeness (QED) is 0.682. The van der Waals surface area contributed by atoms with Crippen molar-refractivity contribution in [3.8, 4) is 0 Å². The van der Waals surface area contributed by atoms with Crippen molar-refractivity contribution in [2.45, 2.75) is 13.3 Å². The number of benzene rings is 1. The van der Waals surface area contributed by atoms with E-state index in [9.17, 15) is 0 Å². The highest BCUT2D eigenvalue weighted by atomic mass is 15.1. The van der Waals surface area contributed by atoms with Gasteiger partial charge in [-0.05, 0) is 32.0 Å². The molecule has 13 heavy (non-hydrogen) atoms. The molecule has 0 bridgehead atoms. The molecule has 1 heteroatoms. The molecule has 0 saturated heterocycles. The highest BCUT2D eigenvalue weighted by Gasteiger charge is 2.03. The summed E-state index contributed by atoms with van der Waals surface area (Å²) in [6.07, 6.45) is 1.18. The third kappa shape index (κ3) is 4.09. The molecule has 0 heterocycles. The normalized spacial score (nSPS) is 13.2. The maximum absolute atomic E-state index is 2.30. The topological polar surface area (TPSA) is 3.24 Å². The fourth-order valence-electron chi connectivity index (χ4n) is 1.70. The molecule has 72 valence electrons. The second kappa shape index (κ2) is 5.03. The van der Waals surface area contributed by atoms with E-state index in [0.717, 1.165) is 12.5 Å². The van der Waals surface area contributed by atoms with Crippen LogP contribution in [-0.4, -0.2) is 25.5 Å². The SMILES string of the molecule is CC(Cc1ccccc1)CN(C)C. The van der Waals surface area contributed by atoms with Crippen LogP contribution in [0, 0.1) is 5.92 Å². The van der Waals surface area contributed by atoms with E-state index in [0.29, 0.717) is 0 Å². The average Bonchev–Trinajstić information content (AvgIpc) is 2.04. The Bertz CT molecular complexity index is 228. The molecule has 1 nitrogen and oxygen atoms in total. The zero-order valence-electron chi connectivity index (χ0n) is 8.83. The lowest BCUT2D eigenvalue weighted by molar-refractivity contribution is 0.338. The molecular weight excluding hydrogens is 158 g/mol. The maximum atomic E-state index is 2.30. The van der Waals surface area contributed by atoms with Gasteiger partial charge in [0.2, 0.25) is 0 Å². The summed E-state index contributed by atoms with van der Waals surface area (Å²) >= 11 is 0. The number of nitrogens with zero attached hydrogens (tertiary/aromatic N) is 1. The molecule has 1 rings (SSSR count). The predicted molar refractivity (Wildman–Crippen MR) is 57.9 cm³/mol. The summed E-state index contributed by atoms with van der Waals surface area (Å²) in [5.41, 5.74) is 1.44. The Balaban J connectivity index is 2.41. The van der Waals surface area contributed by atoms with E-state index in [1.165, 1.54) is 12.0 Å². The summed E-state index contributed by atoms with van der Waals surface area (Å²) in [7, 11) is 4.25. The summed E-state index contributed by atoms with van der Waals surface area (Å²) < 4.78 is 0. The zero-order chi connectivity index (χ0) is 9.68. The van der Waals surface area contributed by atoms with Crippen molar-refractivity contribution in [3.05, 3.63) is 35.9 Å². The van der Waals surface area contributed by atoms with Crippen molar-refractivity contribution in [2.24, 2.45) is 5.92 Å². The van der Waals surface area contributed by atoms with E-state index in [1.807, 2.05) is 0 Å². The van der Waals surface area contributed by atoms with Gasteiger partial charge in [0.25, 0.3) is 0 Å². The van der Waals surface area contributed by atoms with Crippen molar-refractivity contribution in [1.82, 2.24) is 4.90 Å². The maximum Gasteiger partial charge on any atom is 0.000410 e. The Morgan fingerprint density at radius 3 is 2.31 bits per heavy atom. The first-order valence-electron chi connectivity index (χ1n) is 4.87. The highest BCUT2D eigenvalue weighted by Crippen LogP contribution is 2.08. The van der Waals surface area contributed by atoms with Crippen molar-refractivity contribution in [2.75, 3.05) is 20.6 Å². The molecule has 1 aromatic carbocycles. The summed E-state index contributed by atoms with van der Waals surface area (Å²) in [4.78, 5) is 2.24. The molecular formula is C12H19N. The molecule has 0 aliphatic heterocycles. The second-order valence-electron chi connectivity index (χ2n) is 4.06. The van der Waals surface area contributed by atoms with Crippen LogP contribution in [0.25, 0.3) is 0 Å². The largest absolute Gasteiger partial charge is 0.309 e. The van der Waals surface area contributed by atoms with E-state index in [2.05, 4.69) is 56.3 Å². The highest BCUT2D eigenvalue weighted by molar-refractivity contribution is 5.15. The van der Waals surface area contributed by atoms with Gasteiger partial charge < -0.3 is 4.90 Å². The molecule has 0 aromatic heterocycles. The second-order valence-corrected chi connectivity index (χ2v) is 4.06. The first-order valence-corrected chi connectivity index (χ1v) is 4.87. The number of rotatable bonds is 4. The molecule has 1 unspecified atom stereocenters. The van der Waals surface area contributed by atoms with Crippen LogP contribution in [0.4, 0.5) is 0 Å². The van der Waals surface area contributed by atoms with E-state index >= 15 is 0 Å². The molecule has 0 amide bonds. The fraction of sp³-hybridized carbons (Fsp3) is 0.500. The van der Waals surface area contributed by atoms with Crippen LogP contribution < -0.4 is 0 Å². The van der Waals surface area contributed by atoms with Gasteiger partial charge in [0.1, 0.15) is 0 Å². The predicted octanol–water partition coefficient (Wildman–Crippen LogP) is 2.43. The third-order valence-corrected chi connectivity index (χ3v) is 2.10. The van der Waals surface area contributed by atoms with Gasteiger partial charge in [-0.1, -0.05) is 37.3 Å². The van der Waals surface area contributed by atoms with E-state index < -0.39 is 0 Å². The van der Waals surface area contributed by atoms with Crippen LogP contribution in [0.5, 0.6) is 0 Å². The lowest BCUT2D eigenvalue weighted by Gasteiger charge is -2.16. The summed E-state index contributed by atoms with van der Waals surface area (Å²) in [6, 6.07) is 10.7. The Morgan fingerprint density at radius 1 is 1.15 bits per heavy atom. The van der Waals surface area contributed by atoms with E-state index in [4.69, 9.17) is 0 Å². The zero-order valence-corrected chi connectivity index (χ0v) is 8.83. The van der Waals surface area contributed by atoms with Crippen LogP contribution in [0.15, 0.2) is 30.3 Å². The average molecular weight is 177 g/mol. The van der Waals surface area contributed by atoms with Crippen molar-refractivity contribution in [3.63, 3.8) is 0 Å². The first-order chi connectivity index (χ1) is 6.18. The van der Waals surface area contributed by atoms with Gasteiger partial charge in [-0.15, -0.1) is 0 Å². The molecule has 0 aliphatic rings. The molecule has 1 atom stereocenters. The van der Waals surface area contributed by atoms with Crippen molar-refractivity contribution in [1.29, 1.82) is 0 Å². The smallest absolute Gasteiger partial charge is 0.000410 e. The van der Waals surface area contributed by atoms with Crippen molar-refractivity contribution >= 4 is 0 Å². The Hall–Kier alpha value is -0.820. The molecule has 1 aromatic rings. The minimum atomic E-state index is 0.734. The lowest BCUT2D eigenvalue weighted by Crippen LogP contribution is -2.21. The van der Waals surface area contributed by atoms with Gasteiger partial charge in [-0.3, -0.25) is 0 Å². The third-order valence-electron chi connectivity index (χ3n) is 2.10. The molecule has 0 N–H and O–H groups in total. The number of hydrogen-bond donors (Lipinski definition) is 0. The lowest BCUT2D eigenvalue weighted by atomic mass is 10.0. The van der Waals surface area contributed by atoms with Gasteiger partial charge in [-0.25, -0.2) is 0 Å². The minimum Gasteiger partial charge on any atom is -0.309 e. The van der Waals surface area contributed by atoms with Crippen LogP contribution in [0.1, 0.15) is 12.5 Å². The molecule has 0 aliphatic carbocycles. The van der Waals surface area contributed by atoms with Gasteiger partial charge in [0.15, 0.2) is 0 Å². The van der Waals surface area contributed by atoms with Crippen LogP contribution in [0.3, 0.4) is 0 Å². The molecule has 0 spiro atoms. The van der Waals surface area contributed by atoms with Gasteiger partial charge >= 0.3 is 0 Å². The van der Waals surface area contributed by atoms with Crippen LogP contribution in [0.2, 0.25) is 0 Å². The summed E-state index contributed by atoms with van der Waals surface area (Å²) in [5, 5.41) is 0. The van der Waals surface area contributed by atoms with Crippen LogP contribution in [-0.2, 0) is 6.42 Å². The molecule has 0 fully saturated rings. The van der Waals surface area contributed by atoms with Crippen molar-refractivity contribution < 1.29 is 0 Å². The minimum absolute atomic E-state index is 0.734. The van der Waals surface area contributed by atoms with Gasteiger partial charge in [-0.2, -0.15) is 0 Å². The van der Waals surface area contributed by atoms with Crippen LogP contribution >= 0.6 is 0 Å². The van der Waals surface area contributed by atoms with E-state index in [1.54, 1.807) is 0 Å². The Labute approximate surface area is 81.4 Å². The summed E-state index contributed by atoms with van der Waals surface area (Å²) in [5.74, 6) is 0.734. The Kier molecular flexibility index (Phi) is 3.97. The molecule has 0 saturated carbocycles. The Morgan fingerprint density at radius 2 is 1.77 bits per heavy atom. The standard InChI is InChI=1S/C12H19N/c1-11(10-13(2)3)9-12-7-5-4-6-8-12/h4-8,11H,9-10H2,1-3H3. The first kappa shape index (κ1) is 10.3.